The van der Waals surface area contributed by atoms with E-state index in [-0.39, 0.29) is 12.7 Å². The molecule has 0 aliphatic heterocycles. The molecule has 0 amide bonds. The molecule has 0 spiro atoms. The van der Waals surface area contributed by atoms with Gasteiger partial charge in [-0.1, -0.05) is 27.2 Å². The van der Waals surface area contributed by atoms with Crippen LogP contribution in [0.1, 0.15) is 40.0 Å². The van der Waals surface area contributed by atoms with Gasteiger partial charge in [-0.15, -0.1) is 0 Å². The fraction of sp³-hybridized carbons (Fsp3) is 1.00. The molecule has 1 aliphatic rings. The summed E-state index contributed by atoms with van der Waals surface area (Å²) in [5.41, 5.74) is 0. The van der Waals surface area contributed by atoms with Crippen molar-refractivity contribution >= 4 is 10.1 Å². The molecule has 1 fully saturated rings. The molecule has 5 heteroatoms. The quantitative estimate of drug-likeness (QED) is 0.553. The summed E-state index contributed by atoms with van der Waals surface area (Å²) in [5.74, 6) is 1.89. The highest BCUT2D eigenvalue weighted by molar-refractivity contribution is 7.85. The summed E-state index contributed by atoms with van der Waals surface area (Å²) in [6.45, 7) is 7.18. The Kier molecular flexibility index (Phi) is 6.08. The molecule has 108 valence electrons. The van der Waals surface area contributed by atoms with E-state index in [1.165, 1.54) is 12.8 Å². The SMILES string of the molecule is CC(C)[C@@H]1CC[C@@H](C)CC1OCCOS(C)(=O)=O. The molecule has 1 aliphatic carbocycles. The molecule has 1 saturated carbocycles. The molecule has 0 N–H and O–H groups in total. The standard InChI is InChI=1S/C13H26O4S/c1-10(2)12-6-5-11(3)9-13(12)16-7-8-17-18(4,14)15/h10-13H,5-9H2,1-4H3/t11-,12+,13?/m1/s1. The molecule has 0 aromatic carbocycles. The highest BCUT2D eigenvalue weighted by Crippen LogP contribution is 2.35. The molecule has 18 heavy (non-hydrogen) atoms. The van der Waals surface area contributed by atoms with Crippen LogP contribution in [0.4, 0.5) is 0 Å². The first kappa shape index (κ1) is 15.9. The lowest BCUT2D eigenvalue weighted by molar-refractivity contribution is -0.0460. The van der Waals surface area contributed by atoms with E-state index in [9.17, 15) is 8.42 Å². The van der Waals surface area contributed by atoms with Crippen LogP contribution < -0.4 is 0 Å². The second-order valence-electron chi connectivity index (χ2n) is 5.76. The fourth-order valence-corrected chi connectivity index (χ4v) is 3.06. The highest BCUT2D eigenvalue weighted by atomic mass is 32.2. The maximum absolute atomic E-state index is 10.8. The van der Waals surface area contributed by atoms with Crippen LogP contribution in [-0.4, -0.2) is 34.0 Å². The van der Waals surface area contributed by atoms with Gasteiger partial charge in [0.1, 0.15) is 0 Å². The van der Waals surface area contributed by atoms with Gasteiger partial charge in [0.2, 0.25) is 0 Å². The Morgan fingerprint density at radius 1 is 1.22 bits per heavy atom. The van der Waals surface area contributed by atoms with Crippen LogP contribution in [0, 0.1) is 17.8 Å². The smallest absolute Gasteiger partial charge is 0.264 e. The first-order valence-electron chi connectivity index (χ1n) is 6.75. The molecular formula is C13H26O4S. The largest absolute Gasteiger partial charge is 0.375 e. The van der Waals surface area contributed by atoms with E-state index in [2.05, 4.69) is 20.8 Å². The van der Waals surface area contributed by atoms with Crippen LogP contribution in [-0.2, 0) is 19.0 Å². The van der Waals surface area contributed by atoms with Gasteiger partial charge >= 0.3 is 0 Å². The molecule has 0 radical (unpaired) electrons. The van der Waals surface area contributed by atoms with Gasteiger partial charge in [-0.05, 0) is 30.6 Å². The van der Waals surface area contributed by atoms with E-state index in [1.54, 1.807) is 0 Å². The summed E-state index contributed by atoms with van der Waals surface area (Å²) in [6, 6.07) is 0. The van der Waals surface area contributed by atoms with Crippen LogP contribution in [0.3, 0.4) is 0 Å². The van der Waals surface area contributed by atoms with E-state index in [1.807, 2.05) is 0 Å². The van der Waals surface area contributed by atoms with E-state index < -0.39 is 10.1 Å². The van der Waals surface area contributed by atoms with Crippen molar-refractivity contribution in [1.82, 2.24) is 0 Å². The average molecular weight is 278 g/mol. The van der Waals surface area contributed by atoms with Crippen LogP contribution in [0.25, 0.3) is 0 Å². The summed E-state index contributed by atoms with van der Waals surface area (Å²) in [5, 5.41) is 0. The molecule has 0 heterocycles. The van der Waals surface area contributed by atoms with Crippen LogP contribution in [0.2, 0.25) is 0 Å². The first-order valence-corrected chi connectivity index (χ1v) is 8.57. The third-order valence-electron chi connectivity index (χ3n) is 3.67. The summed E-state index contributed by atoms with van der Waals surface area (Å²) in [6.07, 6.45) is 4.85. The van der Waals surface area contributed by atoms with Gasteiger partial charge in [0.05, 0.1) is 25.6 Å². The van der Waals surface area contributed by atoms with Crippen molar-refractivity contribution < 1.29 is 17.3 Å². The van der Waals surface area contributed by atoms with Crippen molar-refractivity contribution in [2.75, 3.05) is 19.5 Å². The molecule has 1 unspecified atom stereocenters. The molecule has 1 rings (SSSR count). The van der Waals surface area contributed by atoms with E-state index in [0.717, 1.165) is 12.7 Å². The van der Waals surface area contributed by atoms with Crippen molar-refractivity contribution in [2.45, 2.75) is 46.1 Å². The van der Waals surface area contributed by atoms with Crippen molar-refractivity contribution in [3.8, 4) is 0 Å². The molecule has 0 aromatic rings. The Bertz CT molecular complexity index is 337. The van der Waals surface area contributed by atoms with E-state index >= 15 is 0 Å². The number of rotatable bonds is 6. The topological polar surface area (TPSA) is 52.6 Å². The molecule has 0 saturated heterocycles. The highest BCUT2D eigenvalue weighted by Gasteiger charge is 2.31. The van der Waals surface area contributed by atoms with Crippen LogP contribution in [0.5, 0.6) is 0 Å². The normalized spacial score (nSPS) is 29.7. The van der Waals surface area contributed by atoms with Gasteiger partial charge in [-0.2, -0.15) is 8.42 Å². The summed E-state index contributed by atoms with van der Waals surface area (Å²) in [7, 11) is -3.35. The zero-order chi connectivity index (χ0) is 13.8. The van der Waals surface area contributed by atoms with E-state index in [0.29, 0.717) is 24.4 Å². The molecule has 3 atom stereocenters. The maximum Gasteiger partial charge on any atom is 0.264 e. The maximum atomic E-state index is 10.8. The lowest BCUT2D eigenvalue weighted by atomic mass is 9.75. The Labute approximate surface area is 111 Å². The van der Waals surface area contributed by atoms with Crippen LogP contribution >= 0.6 is 0 Å². The summed E-state index contributed by atoms with van der Waals surface area (Å²) >= 11 is 0. The Morgan fingerprint density at radius 2 is 1.89 bits per heavy atom. The predicted octanol–water partition coefficient (Wildman–Crippen LogP) is 2.44. The first-order chi connectivity index (χ1) is 8.29. The van der Waals surface area contributed by atoms with Gasteiger partial charge in [-0.25, -0.2) is 0 Å². The molecular weight excluding hydrogens is 252 g/mol. The van der Waals surface area contributed by atoms with Crippen molar-refractivity contribution in [2.24, 2.45) is 17.8 Å². The van der Waals surface area contributed by atoms with Crippen molar-refractivity contribution in [3.05, 3.63) is 0 Å². The van der Waals surface area contributed by atoms with Gasteiger partial charge in [0.25, 0.3) is 10.1 Å². The minimum atomic E-state index is -3.35. The van der Waals surface area contributed by atoms with Gasteiger partial charge in [0.15, 0.2) is 0 Å². The van der Waals surface area contributed by atoms with Crippen molar-refractivity contribution in [1.29, 1.82) is 0 Å². The minimum absolute atomic E-state index is 0.120. The predicted molar refractivity (Wildman–Crippen MR) is 71.9 cm³/mol. The average Bonchev–Trinajstić information content (AvgIpc) is 2.22. The Morgan fingerprint density at radius 3 is 2.44 bits per heavy atom. The zero-order valence-corrected chi connectivity index (χ0v) is 12.7. The van der Waals surface area contributed by atoms with Crippen LogP contribution in [0.15, 0.2) is 0 Å². The van der Waals surface area contributed by atoms with E-state index in [4.69, 9.17) is 8.92 Å². The lowest BCUT2D eigenvalue weighted by Gasteiger charge is -2.37. The van der Waals surface area contributed by atoms with Crippen molar-refractivity contribution in [3.63, 3.8) is 0 Å². The summed E-state index contributed by atoms with van der Waals surface area (Å²) < 4.78 is 32.2. The third kappa shape index (κ3) is 5.67. The summed E-state index contributed by atoms with van der Waals surface area (Å²) in [4.78, 5) is 0. The zero-order valence-electron chi connectivity index (χ0n) is 11.9. The fourth-order valence-electron chi connectivity index (χ4n) is 2.69. The molecule has 4 nitrogen and oxygen atoms in total. The number of hydrogen-bond donors (Lipinski definition) is 0. The number of ether oxygens (including phenoxy) is 1. The Balaban J connectivity index is 2.37. The van der Waals surface area contributed by atoms with Gasteiger partial charge in [0, 0.05) is 0 Å². The second kappa shape index (κ2) is 6.87. The monoisotopic (exact) mass is 278 g/mol. The van der Waals surface area contributed by atoms with Gasteiger partial charge < -0.3 is 4.74 Å². The Hall–Kier alpha value is -0.130. The second-order valence-corrected chi connectivity index (χ2v) is 7.41. The minimum Gasteiger partial charge on any atom is -0.375 e. The molecule has 0 bridgehead atoms. The lowest BCUT2D eigenvalue weighted by Crippen LogP contribution is -2.35. The molecule has 0 aromatic heterocycles. The third-order valence-corrected chi connectivity index (χ3v) is 4.27. The number of hydrogen-bond acceptors (Lipinski definition) is 4. The van der Waals surface area contributed by atoms with Gasteiger partial charge in [-0.3, -0.25) is 4.18 Å².